The van der Waals surface area contributed by atoms with E-state index < -0.39 is 0 Å². The van der Waals surface area contributed by atoms with Crippen molar-refractivity contribution < 1.29 is 0 Å². The summed E-state index contributed by atoms with van der Waals surface area (Å²) in [6, 6.07) is 0. The molecule has 0 spiro atoms. The molecule has 0 unspecified atom stereocenters. The third kappa shape index (κ3) is 13.3. The summed E-state index contributed by atoms with van der Waals surface area (Å²) in [7, 11) is 0. The summed E-state index contributed by atoms with van der Waals surface area (Å²) in [5.41, 5.74) is 0. The van der Waals surface area contributed by atoms with Gasteiger partial charge in [0.15, 0.2) is 0 Å². The third-order valence-corrected chi connectivity index (χ3v) is 5.83. The molecule has 0 heterocycles. The van der Waals surface area contributed by atoms with Gasteiger partial charge >= 0.3 is 104 Å². The molecular weight excluding hydrogens is 184 g/mol. The van der Waals surface area contributed by atoms with Crippen LogP contribution in [0.25, 0.3) is 0 Å². The molecule has 0 atom stereocenters. The van der Waals surface area contributed by atoms with Gasteiger partial charge in [-0.25, -0.2) is 0 Å². The molecule has 0 saturated carbocycles. The standard InChI is InChI=1S/2C6H13.Ca/c2*1-3-5-6-4-2;/h2*1,3-6H2,2H3;. The van der Waals surface area contributed by atoms with Gasteiger partial charge in [0.1, 0.15) is 0 Å². The Morgan fingerprint density at radius 1 is 0.615 bits per heavy atom. The molecule has 0 aromatic heterocycles. The minimum atomic E-state index is -0.0381. The van der Waals surface area contributed by atoms with Crippen molar-refractivity contribution >= 4 is 33.8 Å². The van der Waals surface area contributed by atoms with Gasteiger partial charge in [-0.2, -0.15) is 0 Å². The molecule has 0 aliphatic carbocycles. The Kier molecular flexibility index (Phi) is 14.5. The van der Waals surface area contributed by atoms with E-state index in [2.05, 4.69) is 13.8 Å². The molecule has 0 rings (SSSR count). The fraction of sp³-hybridized carbons (Fsp3) is 1.00. The van der Waals surface area contributed by atoms with Crippen LogP contribution < -0.4 is 0 Å². The van der Waals surface area contributed by atoms with Crippen molar-refractivity contribution in [2.24, 2.45) is 0 Å². The SMILES string of the molecule is CCCCC[CH2][Ca][CH2]CCCCC. The van der Waals surface area contributed by atoms with Crippen molar-refractivity contribution in [3.8, 4) is 0 Å². The molecule has 0 aromatic carbocycles. The van der Waals surface area contributed by atoms with E-state index in [0.29, 0.717) is 0 Å². The Balaban J connectivity index is 2.76. The van der Waals surface area contributed by atoms with E-state index in [4.69, 9.17) is 0 Å². The molecule has 0 N–H and O–H groups in total. The zero-order valence-corrected chi connectivity index (χ0v) is 12.0. The van der Waals surface area contributed by atoms with Crippen molar-refractivity contribution in [2.75, 3.05) is 0 Å². The predicted octanol–water partition coefficient (Wildman–Crippen LogP) is 4.69. The molecule has 0 amide bonds. The van der Waals surface area contributed by atoms with Crippen LogP contribution in [0.5, 0.6) is 0 Å². The normalized spacial score (nSPS) is 10.0. The molecule has 0 bridgehead atoms. The second kappa shape index (κ2) is 13.3. The van der Waals surface area contributed by atoms with Crippen molar-refractivity contribution in [2.45, 2.75) is 70.2 Å². The predicted molar refractivity (Wildman–Crippen MR) is 63.7 cm³/mol. The van der Waals surface area contributed by atoms with Gasteiger partial charge in [0, 0.05) is 0 Å². The van der Waals surface area contributed by atoms with E-state index in [1.54, 1.807) is 17.9 Å². The number of unbranched alkanes of at least 4 members (excludes halogenated alkanes) is 6. The Bertz CT molecular complexity index is 71.2. The van der Waals surface area contributed by atoms with Crippen molar-refractivity contribution in [1.82, 2.24) is 0 Å². The molecule has 1 heteroatoms. The van der Waals surface area contributed by atoms with E-state index in [9.17, 15) is 0 Å². The summed E-state index contributed by atoms with van der Waals surface area (Å²) < 4.78 is 3.33. The summed E-state index contributed by atoms with van der Waals surface area (Å²) in [5, 5.41) is 0. The third-order valence-electron chi connectivity index (χ3n) is 2.71. The second-order valence-corrected chi connectivity index (χ2v) is 7.49. The maximum absolute atomic E-state index is 2.30. The maximum atomic E-state index is 2.30. The van der Waals surface area contributed by atoms with Crippen molar-refractivity contribution in [3.63, 3.8) is 0 Å². The quantitative estimate of drug-likeness (QED) is 0.362. The number of rotatable bonds is 10. The van der Waals surface area contributed by atoms with Crippen LogP contribution in [0.2, 0.25) is 5.04 Å². The van der Waals surface area contributed by atoms with Gasteiger partial charge in [-0.15, -0.1) is 0 Å². The van der Waals surface area contributed by atoms with Crippen LogP contribution in [0, 0.1) is 0 Å². The molecule has 0 aromatic rings. The van der Waals surface area contributed by atoms with Crippen LogP contribution in [0.4, 0.5) is 0 Å². The molecule has 76 valence electrons. The van der Waals surface area contributed by atoms with Crippen LogP contribution in [0.1, 0.15) is 65.2 Å². The average Bonchev–Trinajstić information content (AvgIpc) is 2.16. The van der Waals surface area contributed by atoms with Gasteiger partial charge in [-0.1, -0.05) is 0 Å². The molecule has 0 fully saturated rings. The Hall–Kier alpha value is 1.26. The fourth-order valence-electron chi connectivity index (χ4n) is 1.74. The molecule has 0 aliphatic rings. The second-order valence-electron chi connectivity index (χ2n) is 4.18. The first-order valence-corrected chi connectivity index (χ1v) is 9.54. The fourth-order valence-corrected chi connectivity index (χ4v) is 4.50. The van der Waals surface area contributed by atoms with Crippen LogP contribution >= 0.6 is 0 Å². The van der Waals surface area contributed by atoms with Gasteiger partial charge in [0.05, 0.1) is 0 Å². The first kappa shape index (κ1) is 14.3. The summed E-state index contributed by atoms with van der Waals surface area (Å²) in [4.78, 5) is 0. The summed E-state index contributed by atoms with van der Waals surface area (Å²) >= 11 is -0.0381. The van der Waals surface area contributed by atoms with Crippen LogP contribution in [-0.2, 0) is 0 Å². The molecular formula is C12H26Ca. The van der Waals surface area contributed by atoms with Crippen LogP contribution in [-0.4, -0.2) is 33.8 Å². The van der Waals surface area contributed by atoms with E-state index >= 15 is 0 Å². The molecule has 13 heavy (non-hydrogen) atoms. The van der Waals surface area contributed by atoms with E-state index in [1.807, 2.05) is 0 Å². The zero-order chi connectivity index (χ0) is 9.78. The van der Waals surface area contributed by atoms with Gasteiger partial charge in [0.25, 0.3) is 0 Å². The van der Waals surface area contributed by atoms with E-state index in [-0.39, 0.29) is 33.8 Å². The van der Waals surface area contributed by atoms with E-state index in [0.717, 1.165) is 0 Å². The Morgan fingerprint density at radius 3 is 1.46 bits per heavy atom. The van der Waals surface area contributed by atoms with Crippen LogP contribution in [0.3, 0.4) is 0 Å². The van der Waals surface area contributed by atoms with E-state index in [1.165, 1.54) is 38.5 Å². The summed E-state index contributed by atoms with van der Waals surface area (Å²) in [5.74, 6) is 0. The van der Waals surface area contributed by atoms with Gasteiger partial charge < -0.3 is 0 Å². The van der Waals surface area contributed by atoms with Crippen molar-refractivity contribution in [3.05, 3.63) is 0 Å². The topological polar surface area (TPSA) is 0 Å². The Labute approximate surface area is 103 Å². The molecule has 0 nitrogen and oxygen atoms in total. The monoisotopic (exact) mass is 210 g/mol. The van der Waals surface area contributed by atoms with Gasteiger partial charge in [0.2, 0.25) is 0 Å². The Morgan fingerprint density at radius 2 is 1.08 bits per heavy atom. The average molecular weight is 210 g/mol. The van der Waals surface area contributed by atoms with Crippen LogP contribution in [0.15, 0.2) is 0 Å². The minimum absolute atomic E-state index is 0.0381. The van der Waals surface area contributed by atoms with Gasteiger partial charge in [-0.05, 0) is 0 Å². The number of hydrogen-bond donors (Lipinski definition) is 0. The number of hydrogen-bond acceptors (Lipinski definition) is 0. The first-order valence-electron chi connectivity index (χ1n) is 6.41. The molecule has 0 aliphatic heterocycles. The summed E-state index contributed by atoms with van der Waals surface area (Å²) in [6.07, 6.45) is 11.9. The molecule has 0 saturated heterocycles. The molecule has 0 radical (unpaired) electrons. The van der Waals surface area contributed by atoms with Gasteiger partial charge in [-0.3, -0.25) is 0 Å². The summed E-state index contributed by atoms with van der Waals surface area (Å²) in [6.45, 7) is 4.60. The zero-order valence-electron chi connectivity index (χ0n) is 9.78. The first-order chi connectivity index (χ1) is 6.41. The van der Waals surface area contributed by atoms with Crippen molar-refractivity contribution in [1.29, 1.82) is 0 Å².